The Hall–Kier alpha value is -4.61. The zero-order chi connectivity index (χ0) is 37.5. The maximum Gasteiger partial charge on any atom is 0.153 e. The van der Waals surface area contributed by atoms with Crippen molar-refractivity contribution in [1.82, 2.24) is 20.6 Å². The fourth-order valence-electron chi connectivity index (χ4n) is 5.44. The molecule has 4 rings (SSSR count). The number of hydrogen-bond acceptors (Lipinski definition) is 11. The molecule has 12 nitrogen and oxygen atoms in total. The van der Waals surface area contributed by atoms with Crippen molar-refractivity contribution in [3.63, 3.8) is 0 Å². The molecule has 3 aromatic carbocycles. The summed E-state index contributed by atoms with van der Waals surface area (Å²) in [4.78, 5) is 6.13. The molecule has 0 aliphatic rings. The molecule has 0 bridgehead atoms. The number of halogens is 2. The van der Waals surface area contributed by atoms with Crippen LogP contribution in [-0.4, -0.2) is 60.2 Å². The zero-order valence-corrected chi connectivity index (χ0v) is 31.2. The second kappa shape index (κ2) is 20.4. The number of hydrogen-bond donors (Lipinski definition) is 5. The minimum Gasteiger partial charge on any atom is -0.492 e. The number of aliphatic hydroxyl groups is 1. The number of nitriles is 1. The summed E-state index contributed by atoms with van der Waals surface area (Å²) in [6.45, 7) is 7.02. The molecule has 0 spiro atoms. The highest BCUT2D eigenvalue weighted by Gasteiger charge is 2.20. The molecule has 52 heavy (non-hydrogen) atoms. The van der Waals surface area contributed by atoms with Gasteiger partial charge in [-0.15, -0.1) is 0 Å². The van der Waals surface area contributed by atoms with Crippen LogP contribution in [0.5, 0.6) is 17.2 Å². The highest BCUT2D eigenvalue weighted by atomic mass is 35.5. The third-order valence-electron chi connectivity index (χ3n) is 8.55. The van der Waals surface area contributed by atoms with Gasteiger partial charge in [0.2, 0.25) is 0 Å². The minimum atomic E-state index is -0.241. The summed E-state index contributed by atoms with van der Waals surface area (Å²) >= 11 is 13.7. The van der Waals surface area contributed by atoms with Crippen LogP contribution in [-0.2, 0) is 19.8 Å². The van der Waals surface area contributed by atoms with Crippen molar-refractivity contribution in [2.75, 3.05) is 33.4 Å². The number of nitrogens with zero attached hydrogens (tertiary/aromatic N) is 4. The maximum absolute atomic E-state index is 9.32. The standard InChI is InChI=1S/C38H46Cl2N8O4/c1-25-29(8-4-9-31(25)32-10-5-11-34(37(32)40)50-15-7-13-44-12-6-14-49)24-52-36-18-35(51-23-28-16-27(19-41)20-45-21-28)30(17-33(36)39)22-48(3)26(2)38(46-42)47-43/h4-5,8-11,16-18,20-21,26,44,49H,6-7,12-15,22-24,42-43H2,1-3H3,(H,46,47). The van der Waals surface area contributed by atoms with Crippen molar-refractivity contribution < 1.29 is 19.3 Å². The Kier molecular flexibility index (Phi) is 15.8. The smallest absolute Gasteiger partial charge is 0.153 e. The van der Waals surface area contributed by atoms with E-state index in [-0.39, 0.29) is 25.9 Å². The number of hydrazine groups is 1. The molecule has 4 aromatic rings. The van der Waals surface area contributed by atoms with E-state index in [0.29, 0.717) is 51.8 Å². The average Bonchev–Trinajstić information content (AvgIpc) is 3.15. The van der Waals surface area contributed by atoms with Crippen molar-refractivity contribution in [1.29, 1.82) is 5.26 Å². The quantitative estimate of drug-likeness (QED) is 0.0262. The van der Waals surface area contributed by atoms with Gasteiger partial charge >= 0.3 is 0 Å². The predicted molar refractivity (Wildman–Crippen MR) is 205 cm³/mol. The molecule has 1 heterocycles. The summed E-state index contributed by atoms with van der Waals surface area (Å²) in [6.07, 6.45) is 4.69. The van der Waals surface area contributed by atoms with E-state index in [1.165, 1.54) is 6.20 Å². The fourth-order valence-corrected chi connectivity index (χ4v) is 5.96. The SMILES string of the molecule is Cc1c(COc2cc(OCc3cncc(C#N)c3)c(CN(C)C(C)/C(=N/N)NN)cc2Cl)cccc1-c1cccc(OCCCNCCCO)c1Cl. The zero-order valence-electron chi connectivity index (χ0n) is 29.7. The van der Waals surface area contributed by atoms with E-state index in [0.717, 1.165) is 59.3 Å². The van der Waals surface area contributed by atoms with Crippen LogP contribution in [0.25, 0.3) is 11.1 Å². The number of ether oxygens (including phenoxy) is 3. The predicted octanol–water partition coefficient (Wildman–Crippen LogP) is 5.69. The van der Waals surface area contributed by atoms with Crippen molar-refractivity contribution in [2.45, 2.75) is 52.5 Å². The number of aromatic nitrogens is 1. The Morgan fingerprint density at radius 3 is 2.48 bits per heavy atom. The average molecular weight is 750 g/mol. The van der Waals surface area contributed by atoms with Gasteiger partial charge in [0.15, 0.2) is 5.84 Å². The number of rotatable bonds is 19. The molecule has 0 fully saturated rings. The highest BCUT2D eigenvalue weighted by molar-refractivity contribution is 6.35. The van der Waals surface area contributed by atoms with Crippen molar-refractivity contribution in [3.8, 4) is 34.4 Å². The van der Waals surface area contributed by atoms with Gasteiger partial charge in [-0.2, -0.15) is 10.4 Å². The lowest BCUT2D eigenvalue weighted by atomic mass is 9.96. The molecule has 1 aromatic heterocycles. The molecule has 276 valence electrons. The largest absolute Gasteiger partial charge is 0.492 e. The van der Waals surface area contributed by atoms with Gasteiger partial charge in [-0.05, 0) is 81.7 Å². The Morgan fingerprint density at radius 1 is 0.981 bits per heavy atom. The molecular weight excluding hydrogens is 703 g/mol. The van der Waals surface area contributed by atoms with Crippen LogP contribution in [0.15, 0.2) is 72.1 Å². The van der Waals surface area contributed by atoms with Gasteiger partial charge in [0.25, 0.3) is 0 Å². The second-order valence-corrected chi connectivity index (χ2v) is 12.9. The van der Waals surface area contributed by atoms with E-state index in [1.807, 2.05) is 68.3 Å². The molecule has 0 saturated carbocycles. The van der Waals surface area contributed by atoms with Crippen LogP contribution in [0.3, 0.4) is 0 Å². The number of benzene rings is 3. The lowest BCUT2D eigenvalue weighted by Crippen LogP contribution is -2.46. The molecule has 0 amide bonds. The first-order valence-electron chi connectivity index (χ1n) is 16.9. The summed E-state index contributed by atoms with van der Waals surface area (Å²) in [5.74, 6) is 13.1. The van der Waals surface area contributed by atoms with Crippen LogP contribution in [0, 0.1) is 18.3 Å². The van der Waals surface area contributed by atoms with Crippen LogP contribution in [0.2, 0.25) is 10.0 Å². The summed E-state index contributed by atoms with van der Waals surface area (Å²) in [5.41, 5.74) is 8.28. The molecule has 1 atom stereocenters. The Labute approximate surface area is 315 Å². The van der Waals surface area contributed by atoms with E-state index >= 15 is 0 Å². The number of amidine groups is 1. The topological polar surface area (TPSA) is 176 Å². The molecule has 7 N–H and O–H groups in total. The maximum atomic E-state index is 9.32. The van der Waals surface area contributed by atoms with E-state index < -0.39 is 0 Å². The van der Waals surface area contributed by atoms with Crippen LogP contribution < -0.4 is 36.6 Å². The summed E-state index contributed by atoms with van der Waals surface area (Å²) in [5, 5.41) is 26.2. The van der Waals surface area contributed by atoms with Crippen molar-refractivity contribution >= 4 is 29.0 Å². The molecular formula is C38H46Cl2N8O4. The van der Waals surface area contributed by atoms with Gasteiger partial charge in [0, 0.05) is 48.3 Å². The van der Waals surface area contributed by atoms with E-state index in [2.05, 4.69) is 26.9 Å². The van der Waals surface area contributed by atoms with Gasteiger partial charge in [0.1, 0.15) is 36.5 Å². The highest BCUT2D eigenvalue weighted by Crippen LogP contribution is 2.39. The lowest BCUT2D eigenvalue weighted by Gasteiger charge is -2.26. The number of nitrogens with two attached hydrogens (primary N) is 2. The molecule has 0 aliphatic heterocycles. The summed E-state index contributed by atoms with van der Waals surface area (Å²) in [7, 11) is 1.90. The van der Waals surface area contributed by atoms with Gasteiger partial charge in [-0.1, -0.05) is 53.5 Å². The number of aliphatic hydroxyl groups excluding tert-OH is 1. The summed E-state index contributed by atoms with van der Waals surface area (Å²) in [6, 6.07) is 19.0. The van der Waals surface area contributed by atoms with E-state index in [1.54, 1.807) is 18.3 Å². The monoisotopic (exact) mass is 748 g/mol. The first-order valence-corrected chi connectivity index (χ1v) is 17.6. The minimum absolute atomic E-state index is 0.169. The summed E-state index contributed by atoms with van der Waals surface area (Å²) < 4.78 is 18.7. The third kappa shape index (κ3) is 10.9. The molecule has 0 radical (unpaired) electrons. The molecule has 14 heteroatoms. The van der Waals surface area contributed by atoms with Gasteiger partial charge < -0.3 is 35.9 Å². The molecule has 0 aliphatic carbocycles. The van der Waals surface area contributed by atoms with Crippen LogP contribution in [0.1, 0.15) is 47.6 Å². The number of nitrogens with one attached hydrogen (secondary N) is 2. The van der Waals surface area contributed by atoms with Crippen LogP contribution >= 0.6 is 23.2 Å². The third-order valence-corrected chi connectivity index (χ3v) is 9.23. The number of hydrazone groups is 1. The lowest BCUT2D eigenvalue weighted by molar-refractivity contribution is 0.268. The normalized spacial score (nSPS) is 12.0. The molecule has 0 saturated heterocycles. The van der Waals surface area contributed by atoms with Crippen LogP contribution in [0.4, 0.5) is 0 Å². The Balaban J connectivity index is 1.54. The van der Waals surface area contributed by atoms with Gasteiger partial charge in [-0.25, -0.2) is 5.84 Å². The number of pyridine rings is 1. The van der Waals surface area contributed by atoms with E-state index in [4.69, 9.17) is 54.2 Å². The first kappa shape index (κ1) is 40.2. The Bertz CT molecular complexity index is 1850. The van der Waals surface area contributed by atoms with Crippen molar-refractivity contribution in [3.05, 3.63) is 105 Å². The first-order chi connectivity index (χ1) is 25.2. The van der Waals surface area contributed by atoms with Crippen molar-refractivity contribution in [2.24, 2.45) is 16.8 Å². The second-order valence-electron chi connectivity index (χ2n) is 12.1. The fraction of sp³-hybridized carbons (Fsp3) is 0.342. The van der Waals surface area contributed by atoms with Gasteiger partial charge in [-0.3, -0.25) is 9.88 Å². The number of likely N-dealkylation sites (N-methyl/N-ethyl adjacent to an activating group) is 1. The van der Waals surface area contributed by atoms with E-state index in [9.17, 15) is 5.26 Å². The Morgan fingerprint density at radius 2 is 1.73 bits per heavy atom. The van der Waals surface area contributed by atoms with Gasteiger partial charge in [0.05, 0.1) is 28.3 Å². The molecule has 1 unspecified atom stereocenters.